The fraction of sp³-hybridized carbons (Fsp3) is 0.235. The molecule has 2 rings (SSSR count). The van der Waals surface area contributed by atoms with E-state index in [0.717, 1.165) is 16.9 Å². The van der Waals surface area contributed by atoms with E-state index in [2.05, 4.69) is 0 Å². The molecule has 104 valence electrons. The molecule has 20 heavy (non-hydrogen) atoms. The lowest BCUT2D eigenvalue weighted by molar-refractivity contribution is 0.0989. The number of carbonyl (C=O) groups excluding carboxylic acids is 1. The predicted octanol–water partition coefficient (Wildman–Crippen LogP) is 4.39. The lowest BCUT2D eigenvalue weighted by Crippen LogP contribution is -2.02. The summed E-state index contributed by atoms with van der Waals surface area (Å²) in [7, 11) is 0. The van der Waals surface area contributed by atoms with Gasteiger partial charge in [0.25, 0.3) is 0 Å². The monoisotopic (exact) mass is 288 g/mol. The first-order chi connectivity index (χ1) is 9.70. The number of ether oxygens (including phenoxy) is 1. The van der Waals surface area contributed by atoms with Crippen molar-refractivity contribution in [3.63, 3.8) is 0 Å². The van der Waals surface area contributed by atoms with Crippen LogP contribution >= 0.6 is 11.6 Å². The molecule has 0 spiro atoms. The van der Waals surface area contributed by atoms with Gasteiger partial charge >= 0.3 is 0 Å². The van der Waals surface area contributed by atoms with Crippen LogP contribution in [0.15, 0.2) is 48.5 Å². The molecular weight excluding hydrogens is 272 g/mol. The lowest BCUT2D eigenvalue weighted by atomic mass is 10.1. The van der Waals surface area contributed by atoms with E-state index in [1.165, 1.54) is 0 Å². The topological polar surface area (TPSA) is 26.3 Å². The predicted molar refractivity (Wildman–Crippen MR) is 81.6 cm³/mol. The van der Waals surface area contributed by atoms with E-state index in [0.29, 0.717) is 24.5 Å². The first-order valence-electron chi connectivity index (χ1n) is 6.57. The molecule has 2 nitrogen and oxygen atoms in total. The number of benzene rings is 2. The van der Waals surface area contributed by atoms with Crippen LogP contribution in [-0.2, 0) is 6.61 Å². The summed E-state index contributed by atoms with van der Waals surface area (Å²) in [6, 6.07) is 15.5. The Bertz CT molecular complexity index is 579. The molecule has 0 heterocycles. The molecule has 0 radical (unpaired) electrons. The third-order valence-corrected chi connectivity index (χ3v) is 3.24. The van der Waals surface area contributed by atoms with E-state index in [1.807, 2.05) is 49.4 Å². The molecule has 0 atom stereocenters. The molecule has 2 aromatic rings. The SMILES string of the molecule is Cc1cc(C(=O)CCCl)ccc1OCc1ccccc1. The van der Waals surface area contributed by atoms with Crippen molar-refractivity contribution in [1.82, 2.24) is 0 Å². The average Bonchev–Trinajstić information content (AvgIpc) is 2.47. The molecule has 3 heteroatoms. The van der Waals surface area contributed by atoms with E-state index in [1.54, 1.807) is 6.07 Å². The molecule has 2 aromatic carbocycles. The first kappa shape index (κ1) is 14.6. The summed E-state index contributed by atoms with van der Waals surface area (Å²) in [6.07, 6.45) is 0.366. The maximum Gasteiger partial charge on any atom is 0.164 e. The van der Waals surface area contributed by atoms with E-state index in [4.69, 9.17) is 16.3 Å². The average molecular weight is 289 g/mol. The van der Waals surface area contributed by atoms with Crippen molar-refractivity contribution < 1.29 is 9.53 Å². The summed E-state index contributed by atoms with van der Waals surface area (Å²) >= 11 is 5.59. The number of carbonyl (C=O) groups is 1. The summed E-state index contributed by atoms with van der Waals surface area (Å²) < 4.78 is 5.78. The minimum absolute atomic E-state index is 0.0673. The number of alkyl halides is 1. The third kappa shape index (κ3) is 3.84. The smallest absolute Gasteiger partial charge is 0.164 e. The number of hydrogen-bond donors (Lipinski definition) is 0. The minimum Gasteiger partial charge on any atom is -0.489 e. The Kier molecular flexibility index (Phi) is 5.19. The summed E-state index contributed by atoms with van der Waals surface area (Å²) in [4.78, 5) is 11.8. The van der Waals surface area contributed by atoms with Gasteiger partial charge in [0.1, 0.15) is 12.4 Å². The first-order valence-corrected chi connectivity index (χ1v) is 7.10. The van der Waals surface area contributed by atoms with E-state index < -0.39 is 0 Å². The second kappa shape index (κ2) is 7.11. The second-order valence-corrected chi connectivity index (χ2v) is 4.99. The molecule has 0 saturated carbocycles. The van der Waals surface area contributed by atoms with Crippen LogP contribution in [-0.4, -0.2) is 11.7 Å². The highest BCUT2D eigenvalue weighted by Gasteiger charge is 2.08. The summed E-state index contributed by atoms with van der Waals surface area (Å²) in [5.41, 5.74) is 2.77. The molecule has 0 aliphatic heterocycles. The molecule has 0 bridgehead atoms. The zero-order valence-corrected chi connectivity index (χ0v) is 12.2. The largest absolute Gasteiger partial charge is 0.489 e. The number of hydrogen-bond acceptors (Lipinski definition) is 2. The van der Waals surface area contributed by atoms with Crippen molar-refractivity contribution in [2.75, 3.05) is 5.88 Å². The van der Waals surface area contributed by atoms with Crippen LogP contribution in [0.1, 0.15) is 27.9 Å². The van der Waals surface area contributed by atoms with E-state index in [9.17, 15) is 4.79 Å². The van der Waals surface area contributed by atoms with Crippen molar-refractivity contribution in [3.8, 4) is 5.75 Å². The summed E-state index contributed by atoms with van der Waals surface area (Å²) in [5, 5.41) is 0. The van der Waals surface area contributed by atoms with Crippen molar-refractivity contribution in [2.45, 2.75) is 20.0 Å². The van der Waals surface area contributed by atoms with Gasteiger partial charge in [0, 0.05) is 17.9 Å². The van der Waals surface area contributed by atoms with Gasteiger partial charge in [0.15, 0.2) is 5.78 Å². The van der Waals surface area contributed by atoms with Crippen molar-refractivity contribution in [2.24, 2.45) is 0 Å². The van der Waals surface area contributed by atoms with Gasteiger partial charge in [-0.1, -0.05) is 30.3 Å². The van der Waals surface area contributed by atoms with Gasteiger partial charge in [0.05, 0.1) is 0 Å². The van der Waals surface area contributed by atoms with Gasteiger partial charge < -0.3 is 4.74 Å². The summed E-state index contributed by atoms with van der Waals surface area (Å²) in [5.74, 6) is 1.22. The van der Waals surface area contributed by atoms with Crippen LogP contribution in [0, 0.1) is 6.92 Å². The molecule has 0 aromatic heterocycles. The number of ketones is 1. The fourth-order valence-electron chi connectivity index (χ4n) is 1.95. The quantitative estimate of drug-likeness (QED) is 0.582. The third-order valence-electron chi connectivity index (χ3n) is 3.06. The normalized spacial score (nSPS) is 10.3. The second-order valence-electron chi connectivity index (χ2n) is 4.62. The highest BCUT2D eigenvalue weighted by atomic mass is 35.5. The number of aryl methyl sites for hydroxylation is 1. The minimum atomic E-state index is 0.0673. The maximum atomic E-state index is 11.8. The number of rotatable bonds is 6. The van der Waals surface area contributed by atoms with Gasteiger partial charge in [-0.3, -0.25) is 4.79 Å². The van der Waals surface area contributed by atoms with Crippen molar-refractivity contribution in [1.29, 1.82) is 0 Å². The van der Waals surface area contributed by atoms with Crippen molar-refractivity contribution in [3.05, 3.63) is 65.2 Å². The van der Waals surface area contributed by atoms with Crippen molar-refractivity contribution >= 4 is 17.4 Å². The molecule has 0 unspecified atom stereocenters. The van der Waals surface area contributed by atoms with Crippen LogP contribution in [0.2, 0.25) is 0 Å². The molecule has 0 amide bonds. The van der Waals surface area contributed by atoms with Gasteiger partial charge in [-0.25, -0.2) is 0 Å². The van der Waals surface area contributed by atoms with Crippen LogP contribution < -0.4 is 4.74 Å². The van der Waals surface area contributed by atoms with Crippen LogP contribution in [0.4, 0.5) is 0 Å². The molecular formula is C17H17ClO2. The molecule has 0 fully saturated rings. The fourth-order valence-corrected chi connectivity index (χ4v) is 2.12. The molecule has 0 aliphatic carbocycles. The molecule has 0 saturated heterocycles. The number of Topliss-reactive ketones (excluding diaryl/α,β-unsaturated/α-hetero) is 1. The van der Waals surface area contributed by atoms with Gasteiger partial charge in [-0.05, 0) is 36.2 Å². The Morgan fingerprint density at radius 1 is 1.15 bits per heavy atom. The Labute approximate surface area is 124 Å². The Balaban J connectivity index is 2.04. The molecule has 0 aliphatic rings. The summed E-state index contributed by atoms with van der Waals surface area (Å²) in [6.45, 7) is 2.47. The standard InChI is InChI=1S/C17H17ClO2/c1-13-11-15(16(19)9-10-18)7-8-17(13)20-12-14-5-3-2-4-6-14/h2-8,11H,9-10,12H2,1H3. The Morgan fingerprint density at radius 2 is 1.90 bits per heavy atom. The maximum absolute atomic E-state index is 11.8. The lowest BCUT2D eigenvalue weighted by Gasteiger charge is -2.10. The highest BCUT2D eigenvalue weighted by molar-refractivity contribution is 6.19. The Hall–Kier alpha value is -1.80. The van der Waals surface area contributed by atoms with Crippen LogP contribution in [0.3, 0.4) is 0 Å². The van der Waals surface area contributed by atoms with E-state index in [-0.39, 0.29) is 5.78 Å². The van der Waals surface area contributed by atoms with Gasteiger partial charge in [-0.15, -0.1) is 11.6 Å². The zero-order chi connectivity index (χ0) is 14.4. The zero-order valence-electron chi connectivity index (χ0n) is 11.4. The molecule has 0 N–H and O–H groups in total. The Morgan fingerprint density at radius 3 is 2.55 bits per heavy atom. The van der Waals surface area contributed by atoms with Gasteiger partial charge in [0.2, 0.25) is 0 Å². The highest BCUT2D eigenvalue weighted by Crippen LogP contribution is 2.21. The van der Waals surface area contributed by atoms with Gasteiger partial charge in [-0.2, -0.15) is 0 Å². The van der Waals surface area contributed by atoms with Crippen LogP contribution in [0.25, 0.3) is 0 Å². The van der Waals surface area contributed by atoms with E-state index >= 15 is 0 Å². The van der Waals surface area contributed by atoms with Crippen LogP contribution in [0.5, 0.6) is 5.75 Å². The number of halogens is 1.